The molecule has 0 aliphatic heterocycles. The van der Waals surface area contributed by atoms with E-state index >= 15 is 0 Å². The number of nitrogen functional groups attached to an aromatic ring is 1. The highest BCUT2D eigenvalue weighted by atomic mass is 35.5. The summed E-state index contributed by atoms with van der Waals surface area (Å²) in [6.45, 7) is 0.104. The summed E-state index contributed by atoms with van der Waals surface area (Å²) in [4.78, 5) is 14.1. The molecule has 0 aliphatic carbocycles. The first kappa shape index (κ1) is 14.7. The minimum Gasteiger partial charge on any atom is -0.382 e. The Morgan fingerprint density at radius 3 is 2.72 bits per heavy atom. The molecule has 0 saturated heterocycles. The second-order valence-corrected chi connectivity index (χ2v) is 5.68. The molecule has 0 radical (unpaired) electrons. The molecule has 100 valence electrons. The molecule has 0 atom stereocenters. The lowest BCUT2D eigenvalue weighted by atomic mass is 10.3. The third-order valence-electron chi connectivity index (χ3n) is 2.05. The Bertz CT molecular complexity index is 547. The van der Waals surface area contributed by atoms with Crippen LogP contribution in [0.5, 0.6) is 0 Å². The van der Waals surface area contributed by atoms with Crippen molar-refractivity contribution < 1.29 is 13.2 Å². The summed E-state index contributed by atoms with van der Waals surface area (Å²) in [5, 5.41) is 0.0648. The van der Waals surface area contributed by atoms with Crippen LogP contribution in [0, 0.1) is 0 Å². The number of pyridine rings is 1. The van der Waals surface area contributed by atoms with Gasteiger partial charge in [0.05, 0.1) is 5.02 Å². The molecule has 0 spiro atoms. The third kappa shape index (κ3) is 4.13. The number of anilines is 1. The number of amides is 1. The van der Waals surface area contributed by atoms with E-state index in [-0.39, 0.29) is 28.7 Å². The predicted octanol–water partition coefficient (Wildman–Crippen LogP) is -0.139. The van der Waals surface area contributed by atoms with Crippen molar-refractivity contribution in [3.05, 3.63) is 17.3 Å². The largest absolute Gasteiger partial charge is 0.382 e. The fourth-order valence-electron chi connectivity index (χ4n) is 1.13. The molecule has 9 heteroatoms. The van der Waals surface area contributed by atoms with E-state index in [1.807, 2.05) is 0 Å². The summed E-state index contributed by atoms with van der Waals surface area (Å²) in [6.07, 6.45) is 1.55. The van der Waals surface area contributed by atoms with Crippen LogP contribution in [0.15, 0.2) is 17.2 Å². The predicted molar refractivity (Wildman–Crippen MR) is 67.3 cm³/mol. The van der Waals surface area contributed by atoms with Crippen molar-refractivity contribution in [1.29, 1.82) is 0 Å². The monoisotopic (exact) mass is 292 g/mol. The lowest BCUT2D eigenvalue weighted by molar-refractivity contribution is -0.118. The van der Waals surface area contributed by atoms with Crippen LogP contribution in [-0.4, -0.2) is 25.9 Å². The number of primary amides is 1. The molecule has 0 fully saturated rings. The second-order valence-electron chi connectivity index (χ2n) is 3.51. The number of nitrogens with zero attached hydrogens (tertiary/aromatic N) is 1. The Labute approximate surface area is 110 Å². The zero-order chi connectivity index (χ0) is 13.8. The van der Waals surface area contributed by atoms with Crippen molar-refractivity contribution in [2.75, 3.05) is 12.3 Å². The molecule has 1 amide bonds. The maximum absolute atomic E-state index is 11.8. The molecule has 1 aromatic rings. The van der Waals surface area contributed by atoms with Gasteiger partial charge in [-0.3, -0.25) is 4.79 Å². The number of halogens is 1. The first-order chi connectivity index (χ1) is 8.33. The number of hydrogen-bond acceptors (Lipinski definition) is 5. The maximum atomic E-state index is 11.8. The van der Waals surface area contributed by atoms with Crippen LogP contribution >= 0.6 is 11.6 Å². The first-order valence-electron chi connectivity index (χ1n) is 5.02. The zero-order valence-corrected chi connectivity index (χ0v) is 11.0. The van der Waals surface area contributed by atoms with E-state index in [1.54, 1.807) is 0 Å². The summed E-state index contributed by atoms with van der Waals surface area (Å²) < 4.78 is 25.8. The summed E-state index contributed by atoms with van der Waals surface area (Å²) in [5.41, 5.74) is 10.3. The maximum Gasteiger partial charge on any atom is 0.242 e. The Morgan fingerprint density at radius 1 is 1.50 bits per heavy atom. The van der Waals surface area contributed by atoms with Crippen molar-refractivity contribution in [3.63, 3.8) is 0 Å². The van der Waals surface area contributed by atoms with Gasteiger partial charge in [0.1, 0.15) is 10.7 Å². The van der Waals surface area contributed by atoms with Crippen LogP contribution in [-0.2, 0) is 14.8 Å². The normalized spacial score (nSPS) is 11.4. The van der Waals surface area contributed by atoms with Gasteiger partial charge in [0.15, 0.2) is 0 Å². The smallest absolute Gasteiger partial charge is 0.242 e. The number of aromatic nitrogens is 1. The average molecular weight is 293 g/mol. The van der Waals surface area contributed by atoms with Gasteiger partial charge in [0, 0.05) is 19.2 Å². The lowest BCUT2D eigenvalue weighted by Gasteiger charge is -2.06. The quantitative estimate of drug-likeness (QED) is 0.629. The van der Waals surface area contributed by atoms with Crippen LogP contribution < -0.4 is 16.2 Å². The molecule has 1 rings (SSSR count). The van der Waals surface area contributed by atoms with Gasteiger partial charge in [-0.05, 0) is 12.5 Å². The van der Waals surface area contributed by atoms with E-state index in [1.165, 1.54) is 6.07 Å². The van der Waals surface area contributed by atoms with Gasteiger partial charge in [0.2, 0.25) is 15.9 Å². The summed E-state index contributed by atoms with van der Waals surface area (Å²) in [5.74, 6) is -0.421. The van der Waals surface area contributed by atoms with Crippen LogP contribution in [0.2, 0.25) is 5.02 Å². The van der Waals surface area contributed by atoms with Crippen molar-refractivity contribution in [3.8, 4) is 0 Å². The van der Waals surface area contributed by atoms with Gasteiger partial charge in [-0.1, -0.05) is 11.6 Å². The van der Waals surface area contributed by atoms with Crippen LogP contribution in [0.3, 0.4) is 0 Å². The van der Waals surface area contributed by atoms with Crippen molar-refractivity contribution >= 4 is 33.3 Å². The molecule has 0 unspecified atom stereocenters. The van der Waals surface area contributed by atoms with E-state index < -0.39 is 15.9 Å². The minimum atomic E-state index is -3.70. The second kappa shape index (κ2) is 5.98. The van der Waals surface area contributed by atoms with Crippen LogP contribution in [0.4, 0.5) is 5.82 Å². The van der Waals surface area contributed by atoms with E-state index in [9.17, 15) is 13.2 Å². The fourth-order valence-corrected chi connectivity index (χ4v) is 2.41. The van der Waals surface area contributed by atoms with E-state index in [0.29, 0.717) is 6.42 Å². The third-order valence-corrected chi connectivity index (χ3v) is 3.78. The number of rotatable bonds is 6. The molecule has 0 bridgehead atoms. The van der Waals surface area contributed by atoms with Crippen molar-refractivity contribution in [2.45, 2.75) is 17.7 Å². The standard InChI is InChI=1S/C9H13ClN4O3S/c10-7-4-6(5-13-9(7)12)18(16,17)14-3-1-2-8(11)15/h4-5,14H,1-3H2,(H2,11,15)(H2,12,13). The van der Waals surface area contributed by atoms with E-state index in [0.717, 1.165) is 6.20 Å². The van der Waals surface area contributed by atoms with Gasteiger partial charge in [0.25, 0.3) is 0 Å². The van der Waals surface area contributed by atoms with Crippen LogP contribution in [0.1, 0.15) is 12.8 Å². The molecule has 0 saturated carbocycles. The molecule has 0 aromatic carbocycles. The fraction of sp³-hybridized carbons (Fsp3) is 0.333. The van der Waals surface area contributed by atoms with Crippen molar-refractivity contribution in [1.82, 2.24) is 9.71 Å². The van der Waals surface area contributed by atoms with Crippen molar-refractivity contribution in [2.24, 2.45) is 5.73 Å². The van der Waals surface area contributed by atoms with Gasteiger partial charge >= 0.3 is 0 Å². The summed E-state index contributed by atoms with van der Waals surface area (Å²) >= 11 is 5.68. The Balaban J connectivity index is 2.68. The number of carbonyl (C=O) groups excluding carboxylic acids is 1. The average Bonchev–Trinajstić information content (AvgIpc) is 2.28. The van der Waals surface area contributed by atoms with Gasteiger partial charge < -0.3 is 11.5 Å². The number of sulfonamides is 1. The number of nitrogens with two attached hydrogens (primary N) is 2. The number of hydrogen-bond donors (Lipinski definition) is 3. The van der Waals surface area contributed by atoms with Gasteiger partial charge in [-0.2, -0.15) is 0 Å². The lowest BCUT2D eigenvalue weighted by Crippen LogP contribution is -2.26. The molecule has 1 aromatic heterocycles. The molecule has 0 aliphatic rings. The highest BCUT2D eigenvalue weighted by molar-refractivity contribution is 7.89. The van der Waals surface area contributed by atoms with Gasteiger partial charge in [-0.15, -0.1) is 0 Å². The number of nitrogens with one attached hydrogen (secondary N) is 1. The molecule has 5 N–H and O–H groups in total. The molecule has 1 heterocycles. The Hall–Kier alpha value is -1.38. The Kier molecular flexibility index (Phi) is 4.88. The molecular weight excluding hydrogens is 280 g/mol. The highest BCUT2D eigenvalue weighted by Gasteiger charge is 2.15. The molecule has 7 nitrogen and oxygen atoms in total. The summed E-state index contributed by atoms with van der Waals surface area (Å²) in [7, 11) is -3.70. The SMILES string of the molecule is NC(=O)CCCNS(=O)(=O)c1cnc(N)c(Cl)c1. The molecular formula is C9H13ClN4O3S. The molecule has 18 heavy (non-hydrogen) atoms. The Morgan fingerprint density at radius 2 is 2.17 bits per heavy atom. The van der Waals surface area contributed by atoms with Crippen LogP contribution in [0.25, 0.3) is 0 Å². The van der Waals surface area contributed by atoms with E-state index in [2.05, 4.69) is 9.71 Å². The highest BCUT2D eigenvalue weighted by Crippen LogP contribution is 2.19. The number of carbonyl (C=O) groups is 1. The van der Waals surface area contributed by atoms with E-state index in [4.69, 9.17) is 23.1 Å². The zero-order valence-electron chi connectivity index (χ0n) is 9.39. The first-order valence-corrected chi connectivity index (χ1v) is 6.88. The van der Waals surface area contributed by atoms with Gasteiger partial charge in [-0.25, -0.2) is 18.1 Å². The minimum absolute atomic E-state index is 0.0596. The topological polar surface area (TPSA) is 128 Å². The summed E-state index contributed by atoms with van der Waals surface area (Å²) in [6, 6.07) is 1.21.